The molecule has 0 radical (unpaired) electrons. The molecule has 154 valence electrons. The molecule has 3 aromatic carbocycles. The van der Waals surface area contributed by atoms with Crippen LogP contribution in [-0.4, -0.2) is 28.7 Å². The lowest BCUT2D eigenvalue weighted by molar-refractivity contribution is 0.113. The molecule has 7 heteroatoms. The van der Waals surface area contributed by atoms with E-state index in [0.29, 0.717) is 38.9 Å². The molecule has 1 aliphatic rings. The van der Waals surface area contributed by atoms with Gasteiger partial charge in [-0.3, -0.25) is 0 Å². The number of ether oxygens (including phenoxy) is 1. The zero-order valence-corrected chi connectivity index (χ0v) is 17.3. The Kier molecular flexibility index (Phi) is 5.84. The average molecular weight is 446 g/mol. The van der Waals surface area contributed by atoms with E-state index in [2.05, 4.69) is 0 Å². The van der Waals surface area contributed by atoms with E-state index >= 15 is 0 Å². The maximum atomic E-state index is 14.3. The van der Waals surface area contributed by atoms with Crippen molar-refractivity contribution >= 4 is 29.3 Å². The minimum atomic E-state index is -1.04. The van der Waals surface area contributed by atoms with E-state index in [4.69, 9.17) is 27.9 Å². The predicted molar refractivity (Wildman–Crippen MR) is 115 cm³/mol. The summed E-state index contributed by atoms with van der Waals surface area (Å²) in [5, 5.41) is 10.4. The van der Waals surface area contributed by atoms with Crippen LogP contribution in [0.5, 0.6) is 5.75 Å². The van der Waals surface area contributed by atoms with Gasteiger partial charge in [-0.25, -0.2) is 9.18 Å². The second-order valence-electron chi connectivity index (χ2n) is 7.13. The normalized spacial score (nSPS) is 14.8. The molecule has 0 saturated carbocycles. The van der Waals surface area contributed by atoms with Gasteiger partial charge in [0.25, 0.3) is 0 Å². The maximum absolute atomic E-state index is 14.3. The maximum Gasteiger partial charge on any atom is 0.407 e. The first-order valence-electron chi connectivity index (χ1n) is 9.37. The molecular formula is C23H18Cl2FNO3. The highest BCUT2D eigenvalue weighted by Crippen LogP contribution is 2.44. The molecule has 3 aromatic rings. The fourth-order valence-corrected chi connectivity index (χ4v) is 4.30. The summed E-state index contributed by atoms with van der Waals surface area (Å²) in [6.07, 6.45) is -1.10. The van der Waals surface area contributed by atoms with E-state index in [1.165, 1.54) is 17.0 Å². The Morgan fingerprint density at radius 3 is 2.47 bits per heavy atom. The second kappa shape index (κ2) is 8.54. The van der Waals surface area contributed by atoms with Gasteiger partial charge in [-0.1, -0.05) is 59.6 Å². The summed E-state index contributed by atoms with van der Waals surface area (Å²) in [7, 11) is 0. The van der Waals surface area contributed by atoms with Crippen LogP contribution in [0.3, 0.4) is 0 Å². The molecule has 0 fully saturated rings. The predicted octanol–water partition coefficient (Wildman–Crippen LogP) is 6.28. The van der Waals surface area contributed by atoms with Gasteiger partial charge in [-0.15, -0.1) is 0 Å². The minimum absolute atomic E-state index is 0.149. The van der Waals surface area contributed by atoms with Gasteiger partial charge in [0.1, 0.15) is 17.7 Å². The number of rotatable bonds is 5. The monoisotopic (exact) mass is 445 g/mol. The third-order valence-corrected chi connectivity index (χ3v) is 5.64. The van der Waals surface area contributed by atoms with Gasteiger partial charge in [0, 0.05) is 29.7 Å². The number of carboxylic acid groups (broad SMARTS) is 1. The molecule has 4 rings (SSSR count). The smallest absolute Gasteiger partial charge is 0.407 e. The van der Waals surface area contributed by atoms with Gasteiger partial charge in [-0.2, -0.15) is 0 Å². The first-order chi connectivity index (χ1) is 14.4. The molecule has 0 aliphatic carbocycles. The Bertz CT molecular complexity index is 1070. The van der Waals surface area contributed by atoms with E-state index in [-0.39, 0.29) is 13.1 Å². The Balaban J connectivity index is 1.61. The highest BCUT2D eigenvalue weighted by atomic mass is 35.5. The number of hydrogen-bond donors (Lipinski definition) is 1. The molecule has 1 N–H and O–H groups in total. The van der Waals surface area contributed by atoms with Crippen LogP contribution in [0.15, 0.2) is 60.7 Å². The number of hydrogen-bond acceptors (Lipinski definition) is 2. The van der Waals surface area contributed by atoms with Gasteiger partial charge in [0.15, 0.2) is 0 Å². The lowest BCUT2D eigenvalue weighted by Gasteiger charge is -2.23. The molecule has 1 atom stereocenters. The van der Waals surface area contributed by atoms with Crippen LogP contribution < -0.4 is 4.74 Å². The zero-order chi connectivity index (χ0) is 21.3. The molecule has 0 bridgehead atoms. The van der Waals surface area contributed by atoms with Crippen molar-refractivity contribution < 1.29 is 19.0 Å². The Labute approximate surface area is 183 Å². The number of benzene rings is 3. The van der Waals surface area contributed by atoms with Crippen molar-refractivity contribution in [2.45, 2.75) is 19.1 Å². The highest BCUT2D eigenvalue weighted by molar-refractivity contribution is 6.39. The van der Waals surface area contributed by atoms with Crippen molar-refractivity contribution in [3.8, 4) is 16.9 Å². The summed E-state index contributed by atoms with van der Waals surface area (Å²) in [5.74, 6) is 0.0600. The van der Waals surface area contributed by atoms with Crippen LogP contribution in [0, 0.1) is 5.82 Å². The van der Waals surface area contributed by atoms with Crippen molar-refractivity contribution in [3.63, 3.8) is 0 Å². The standard InChI is InChI=1S/C23H18Cl2FNO3/c24-19-7-4-8-20(25)21(19)18-11-16(26)9-15-10-17(30-22(15)18)13-27(23(28)29)12-14-5-2-1-3-6-14/h1-9,11,17H,10,12-13H2,(H,28,29). The highest BCUT2D eigenvalue weighted by Gasteiger charge is 2.31. The van der Waals surface area contributed by atoms with Crippen LogP contribution in [0.2, 0.25) is 10.0 Å². The van der Waals surface area contributed by atoms with E-state index < -0.39 is 18.0 Å². The van der Waals surface area contributed by atoms with Gasteiger partial charge in [-0.05, 0) is 29.8 Å². The van der Waals surface area contributed by atoms with Crippen molar-refractivity contribution in [2.75, 3.05) is 6.54 Å². The first-order valence-corrected chi connectivity index (χ1v) is 10.1. The molecule has 30 heavy (non-hydrogen) atoms. The number of amides is 1. The van der Waals surface area contributed by atoms with Crippen molar-refractivity contribution in [2.24, 2.45) is 0 Å². The molecule has 0 saturated heterocycles. The van der Waals surface area contributed by atoms with Crippen LogP contribution in [0.1, 0.15) is 11.1 Å². The third-order valence-electron chi connectivity index (χ3n) is 5.01. The minimum Gasteiger partial charge on any atom is -0.487 e. The topological polar surface area (TPSA) is 49.8 Å². The summed E-state index contributed by atoms with van der Waals surface area (Å²) in [4.78, 5) is 13.1. The first kappa shape index (κ1) is 20.5. The van der Waals surface area contributed by atoms with Crippen LogP contribution in [-0.2, 0) is 13.0 Å². The lowest BCUT2D eigenvalue weighted by Crippen LogP contribution is -2.37. The van der Waals surface area contributed by atoms with Gasteiger partial charge >= 0.3 is 6.09 Å². The largest absolute Gasteiger partial charge is 0.487 e. The van der Waals surface area contributed by atoms with Gasteiger partial charge < -0.3 is 14.7 Å². The molecule has 1 amide bonds. The van der Waals surface area contributed by atoms with Crippen molar-refractivity contribution in [3.05, 3.63) is 87.7 Å². The van der Waals surface area contributed by atoms with E-state index in [0.717, 1.165) is 5.56 Å². The average Bonchev–Trinajstić information content (AvgIpc) is 3.10. The van der Waals surface area contributed by atoms with E-state index in [9.17, 15) is 14.3 Å². The summed E-state index contributed by atoms with van der Waals surface area (Å²) in [6.45, 7) is 0.389. The zero-order valence-electron chi connectivity index (χ0n) is 15.8. The van der Waals surface area contributed by atoms with Crippen LogP contribution in [0.4, 0.5) is 9.18 Å². The lowest BCUT2D eigenvalue weighted by atomic mass is 10.00. The molecule has 1 aliphatic heterocycles. The Morgan fingerprint density at radius 1 is 1.10 bits per heavy atom. The molecule has 0 spiro atoms. The molecular weight excluding hydrogens is 428 g/mol. The van der Waals surface area contributed by atoms with Crippen molar-refractivity contribution in [1.82, 2.24) is 4.90 Å². The number of fused-ring (bicyclic) bond motifs is 1. The molecule has 1 heterocycles. The molecule has 4 nitrogen and oxygen atoms in total. The summed E-state index contributed by atoms with van der Waals surface area (Å²) < 4.78 is 20.4. The number of carbonyl (C=O) groups is 1. The SMILES string of the molecule is O=C(O)N(Cc1ccccc1)CC1Cc2cc(F)cc(-c3c(Cl)cccc3Cl)c2O1. The summed E-state index contributed by atoms with van der Waals surface area (Å²) in [6, 6.07) is 17.2. The van der Waals surface area contributed by atoms with Gasteiger partial charge in [0.05, 0.1) is 16.6 Å². The van der Waals surface area contributed by atoms with Crippen LogP contribution in [0.25, 0.3) is 11.1 Å². The fourth-order valence-electron chi connectivity index (χ4n) is 3.70. The van der Waals surface area contributed by atoms with E-state index in [1.54, 1.807) is 18.2 Å². The quantitative estimate of drug-likeness (QED) is 0.502. The van der Waals surface area contributed by atoms with Crippen molar-refractivity contribution in [1.29, 1.82) is 0 Å². The fraction of sp³-hybridized carbons (Fsp3) is 0.174. The molecule has 0 aromatic heterocycles. The second-order valence-corrected chi connectivity index (χ2v) is 7.95. The van der Waals surface area contributed by atoms with Crippen LogP contribution >= 0.6 is 23.2 Å². The Hall–Kier alpha value is -2.76. The summed E-state index contributed by atoms with van der Waals surface area (Å²) in [5.41, 5.74) is 2.51. The summed E-state index contributed by atoms with van der Waals surface area (Å²) >= 11 is 12.6. The molecule has 1 unspecified atom stereocenters. The van der Waals surface area contributed by atoms with E-state index in [1.807, 2.05) is 30.3 Å². The number of nitrogens with zero attached hydrogens (tertiary/aromatic N) is 1. The third kappa shape index (κ3) is 4.23. The Morgan fingerprint density at radius 2 is 1.80 bits per heavy atom. The van der Waals surface area contributed by atoms with Gasteiger partial charge in [0.2, 0.25) is 0 Å². The number of halogens is 3.